The van der Waals surface area contributed by atoms with Crippen molar-refractivity contribution in [1.82, 2.24) is 10.2 Å². The number of rotatable bonds is 2. The summed E-state index contributed by atoms with van der Waals surface area (Å²) < 4.78 is 0. The molecule has 4 atom stereocenters. The van der Waals surface area contributed by atoms with E-state index in [1.54, 1.807) is 0 Å². The molecule has 0 aromatic heterocycles. The van der Waals surface area contributed by atoms with Gasteiger partial charge in [-0.1, -0.05) is 27.2 Å². The van der Waals surface area contributed by atoms with Gasteiger partial charge >= 0.3 is 0 Å². The Labute approximate surface area is 106 Å². The van der Waals surface area contributed by atoms with Crippen LogP contribution in [0.15, 0.2) is 0 Å². The number of hydrogen-bond acceptors (Lipinski definition) is 2. The van der Waals surface area contributed by atoms with Crippen LogP contribution in [0.1, 0.15) is 46.5 Å². The molecule has 17 heavy (non-hydrogen) atoms. The Hall–Kier alpha value is -0.0800. The monoisotopic (exact) mass is 236 g/mol. The van der Waals surface area contributed by atoms with Gasteiger partial charge in [-0.25, -0.2) is 0 Å². The fourth-order valence-electron chi connectivity index (χ4n) is 4.87. The van der Waals surface area contributed by atoms with Crippen LogP contribution in [0.3, 0.4) is 0 Å². The Morgan fingerprint density at radius 2 is 2.12 bits per heavy atom. The van der Waals surface area contributed by atoms with Crippen LogP contribution < -0.4 is 5.32 Å². The molecule has 0 amide bonds. The molecular weight excluding hydrogens is 208 g/mol. The van der Waals surface area contributed by atoms with Crippen molar-refractivity contribution in [3.63, 3.8) is 0 Å². The predicted molar refractivity (Wildman–Crippen MR) is 72.1 cm³/mol. The quantitative estimate of drug-likeness (QED) is 0.792. The van der Waals surface area contributed by atoms with Crippen LogP contribution in [0.4, 0.5) is 0 Å². The van der Waals surface area contributed by atoms with Crippen molar-refractivity contribution in [2.24, 2.45) is 17.3 Å². The summed E-state index contributed by atoms with van der Waals surface area (Å²) in [6.07, 6.45) is 5.65. The summed E-state index contributed by atoms with van der Waals surface area (Å²) in [6, 6.07) is 1.72. The highest BCUT2D eigenvalue weighted by molar-refractivity contribution is 5.03. The van der Waals surface area contributed by atoms with Gasteiger partial charge in [-0.2, -0.15) is 0 Å². The number of likely N-dealkylation sites (tertiary alicyclic amines) is 1. The van der Waals surface area contributed by atoms with E-state index in [4.69, 9.17) is 0 Å². The van der Waals surface area contributed by atoms with Gasteiger partial charge in [0.2, 0.25) is 0 Å². The first-order valence-corrected chi connectivity index (χ1v) is 7.60. The first-order chi connectivity index (χ1) is 8.13. The maximum absolute atomic E-state index is 3.59. The third-order valence-corrected chi connectivity index (χ3v) is 5.78. The number of nitrogens with zero attached hydrogens (tertiary/aromatic N) is 1. The zero-order chi connectivity index (χ0) is 12.0. The van der Waals surface area contributed by atoms with Gasteiger partial charge in [0.05, 0.1) is 0 Å². The van der Waals surface area contributed by atoms with E-state index in [1.807, 2.05) is 0 Å². The van der Waals surface area contributed by atoms with Crippen molar-refractivity contribution in [3.05, 3.63) is 0 Å². The highest BCUT2D eigenvalue weighted by Crippen LogP contribution is 2.46. The summed E-state index contributed by atoms with van der Waals surface area (Å²) in [5.41, 5.74) is 0.555. The van der Waals surface area contributed by atoms with E-state index in [0.29, 0.717) is 5.41 Å². The molecule has 0 aromatic rings. The molecule has 98 valence electrons. The zero-order valence-electron chi connectivity index (χ0n) is 11.7. The smallest absolute Gasteiger partial charge is 0.0150 e. The first kappa shape index (κ1) is 12.0. The molecule has 1 N–H and O–H groups in total. The summed E-state index contributed by atoms with van der Waals surface area (Å²) in [5.74, 6) is 1.88. The lowest BCUT2D eigenvalue weighted by Crippen LogP contribution is -2.46. The summed E-state index contributed by atoms with van der Waals surface area (Å²) in [6.45, 7) is 11.3. The van der Waals surface area contributed by atoms with Gasteiger partial charge in [0.25, 0.3) is 0 Å². The van der Waals surface area contributed by atoms with Crippen molar-refractivity contribution in [2.45, 2.75) is 58.5 Å². The minimum absolute atomic E-state index is 0.555. The van der Waals surface area contributed by atoms with E-state index in [0.717, 1.165) is 23.9 Å². The van der Waals surface area contributed by atoms with E-state index >= 15 is 0 Å². The fourth-order valence-corrected chi connectivity index (χ4v) is 4.87. The van der Waals surface area contributed by atoms with Crippen molar-refractivity contribution in [3.8, 4) is 0 Å². The van der Waals surface area contributed by atoms with Gasteiger partial charge < -0.3 is 5.32 Å². The topological polar surface area (TPSA) is 15.3 Å². The first-order valence-electron chi connectivity index (χ1n) is 7.60. The van der Waals surface area contributed by atoms with Crippen LogP contribution in [-0.2, 0) is 0 Å². The molecule has 0 radical (unpaired) electrons. The molecule has 3 fully saturated rings. The highest BCUT2D eigenvalue weighted by Gasteiger charge is 2.49. The molecule has 3 aliphatic rings. The third kappa shape index (κ3) is 1.84. The highest BCUT2D eigenvalue weighted by atomic mass is 15.2. The maximum Gasteiger partial charge on any atom is 0.0150 e. The second-order valence-corrected chi connectivity index (χ2v) is 7.15. The molecule has 2 heterocycles. The molecule has 0 aromatic carbocycles. The molecular formula is C15H28N2. The van der Waals surface area contributed by atoms with E-state index < -0.39 is 0 Å². The van der Waals surface area contributed by atoms with Gasteiger partial charge in [-0.05, 0) is 49.6 Å². The lowest BCUT2D eigenvalue weighted by molar-refractivity contribution is 0.0861. The van der Waals surface area contributed by atoms with Crippen LogP contribution >= 0.6 is 0 Å². The summed E-state index contributed by atoms with van der Waals surface area (Å²) >= 11 is 0. The third-order valence-electron chi connectivity index (χ3n) is 5.78. The average molecular weight is 236 g/mol. The van der Waals surface area contributed by atoms with Crippen molar-refractivity contribution in [1.29, 1.82) is 0 Å². The number of nitrogens with one attached hydrogen (secondary N) is 1. The van der Waals surface area contributed by atoms with Gasteiger partial charge in [0, 0.05) is 18.6 Å². The Morgan fingerprint density at radius 1 is 1.29 bits per heavy atom. The Kier molecular flexibility index (Phi) is 2.99. The minimum Gasteiger partial charge on any atom is -0.316 e. The largest absolute Gasteiger partial charge is 0.316 e. The Morgan fingerprint density at radius 3 is 2.76 bits per heavy atom. The van der Waals surface area contributed by atoms with E-state index in [-0.39, 0.29) is 0 Å². The Balaban J connectivity index is 1.79. The molecule has 2 aliphatic heterocycles. The fraction of sp³-hybridized carbons (Fsp3) is 1.00. The molecule has 2 heteroatoms. The van der Waals surface area contributed by atoms with Crippen molar-refractivity contribution in [2.75, 3.05) is 19.6 Å². The predicted octanol–water partition coefficient (Wildman–Crippen LogP) is 2.49. The van der Waals surface area contributed by atoms with Gasteiger partial charge in [0.15, 0.2) is 0 Å². The summed E-state index contributed by atoms with van der Waals surface area (Å²) in [4.78, 5) is 2.91. The van der Waals surface area contributed by atoms with Crippen LogP contribution in [0.5, 0.6) is 0 Å². The molecule has 1 saturated carbocycles. The van der Waals surface area contributed by atoms with E-state index in [2.05, 4.69) is 31.0 Å². The summed E-state index contributed by atoms with van der Waals surface area (Å²) in [7, 11) is 0. The van der Waals surface area contributed by atoms with E-state index in [9.17, 15) is 0 Å². The van der Waals surface area contributed by atoms with Crippen molar-refractivity contribution < 1.29 is 0 Å². The standard InChI is InChI=1S/C15H28N2/c1-4-13-12-9-16-8-11(12)10-17(13)14-6-5-7-15(14,2)3/h11-14,16H,4-10H2,1-3H3. The lowest BCUT2D eigenvalue weighted by atomic mass is 9.85. The van der Waals surface area contributed by atoms with Crippen LogP contribution in [0.2, 0.25) is 0 Å². The van der Waals surface area contributed by atoms with Gasteiger partial charge in [-0.3, -0.25) is 4.90 Å². The van der Waals surface area contributed by atoms with Crippen LogP contribution in [0, 0.1) is 17.3 Å². The van der Waals surface area contributed by atoms with Crippen molar-refractivity contribution >= 4 is 0 Å². The maximum atomic E-state index is 3.59. The molecule has 2 nitrogen and oxygen atoms in total. The normalized spacial score (nSPS) is 45.4. The molecule has 0 bridgehead atoms. The van der Waals surface area contributed by atoms with Crippen LogP contribution in [0.25, 0.3) is 0 Å². The Bertz CT molecular complexity index is 287. The second kappa shape index (κ2) is 4.24. The zero-order valence-corrected chi connectivity index (χ0v) is 11.7. The van der Waals surface area contributed by atoms with Gasteiger partial charge in [-0.15, -0.1) is 0 Å². The number of hydrogen-bond donors (Lipinski definition) is 1. The lowest BCUT2D eigenvalue weighted by Gasteiger charge is -2.39. The van der Waals surface area contributed by atoms with Crippen LogP contribution in [-0.4, -0.2) is 36.6 Å². The summed E-state index contributed by atoms with van der Waals surface area (Å²) in [5, 5.41) is 3.59. The molecule has 4 unspecified atom stereocenters. The molecule has 0 spiro atoms. The molecule has 3 rings (SSSR count). The minimum atomic E-state index is 0.555. The second-order valence-electron chi connectivity index (χ2n) is 7.15. The number of fused-ring (bicyclic) bond motifs is 1. The average Bonchev–Trinajstić information content (AvgIpc) is 2.89. The van der Waals surface area contributed by atoms with Gasteiger partial charge in [0.1, 0.15) is 0 Å². The molecule has 2 saturated heterocycles. The van der Waals surface area contributed by atoms with E-state index in [1.165, 1.54) is 45.3 Å². The molecule has 1 aliphatic carbocycles. The SMILES string of the molecule is CCC1C2CNCC2CN1C1CCCC1(C)C.